The van der Waals surface area contributed by atoms with Gasteiger partial charge >= 0.3 is 90.2 Å². The van der Waals surface area contributed by atoms with Gasteiger partial charge in [-0.25, -0.2) is 0 Å². The first-order valence-electron chi connectivity index (χ1n) is 4.86. The summed E-state index contributed by atoms with van der Waals surface area (Å²) in [6.45, 7) is 4.72. The van der Waals surface area contributed by atoms with Crippen LogP contribution in [0.5, 0.6) is 0 Å². The Morgan fingerprint density at radius 3 is 2.58 bits per heavy atom. The van der Waals surface area contributed by atoms with Crippen LogP contribution in [0.2, 0.25) is 0 Å². The quantitative estimate of drug-likeness (QED) is 0.607. The Morgan fingerprint density at radius 1 is 1.25 bits per heavy atom. The summed E-state index contributed by atoms with van der Waals surface area (Å²) in [4.78, 5) is 0. The van der Waals surface area contributed by atoms with E-state index in [1.807, 2.05) is 0 Å². The standard InChI is InChI=1S/C11H15.Zr/c1-8-7-9(2)11-6-4-3-5-10(8)11;/h8H,3-6H2,1-2H3;. The molecule has 2 aliphatic rings. The summed E-state index contributed by atoms with van der Waals surface area (Å²) in [7, 11) is 0. The van der Waals surface area contributed by atoms with Crippen LogP contribution in [-0.4, -0.2) is 0 Å². The average molecular weight is 238 g/mol. The van der Waals surface area contributed by atoms with E-state index in [0.29, 0.717) is 0 Å². The van der Waals surface area contributed by atoms with E-state index in [1.165, 1.54) is 25.7 Å². The number of allylic oxidation sites excluding steroid dienone is 4. The average Bonchev–Trinajstić information content (AvgIpc) is 2.33. The van der Waals surface area contributed by atoms with Crippen LogP contribution in [0.25, 0.3) is 0 Å². The van der Waals surface area contributed by atoms with Gasteiger partial charge in [0.15, 0.2) is 0 Å². The summed E-state index contributed by atoms with van der Waals surface area (Å²) < 4.78 is 1.72. The fraction of sp³-hybridized carbons (Fsp3) is 0.636. The van der Waals surface area contributed by atoms with Crippen LogP contribution in [0.1, 0.15) is 39.5 Å². The Balaban J connectivity index is 2.39. The van der Waals surface area contributed by atoms with Crippen molar-refractivity contribution < 1.29 is 24.7 Å². The molecule has 0 spiro atoms. The Hall–Kier alpha value is 0.363. The van der Waals surface area contributed by atoms with Crippen molar-refractivity contribution in [3.8, 4) is 0 Å². The second-order valence-electron chi connectivity index (χ2n) is 3.97. The van der Waals surface area contributed by atoms with Crippen molar-refractivity contribution >= 4 is 0 Å². The maximum absolute atomic E-state index is 2.39. The zero-order valence-corrected chi connectivity index (χ0v) is 10.4. The van der Waals surface area contributed by atoms with Crippen LogP contribution in [0.15, 0.2) is 20.0 Å². The van der Waals surface area contributed by atoms with Gasteiger partial charge in [-0.15, -0.1) is 0 Å². The van der Waals surface area contributed by atoms with Crippen molar-refractivity contribution in [3.05, 3.63) is 20.0 Å². The molecule has 1 heteroatoms. The third-order valence-electron chi connectivity index (χ3n) is 3.32. The van der Waals surface area contributed by atoms with Gasteiger partial charge in [0.1, 0.15) is 0 Å². The minimum absolute atomic E-state index is 0.804. The van der Waals surface area contributed by atoms with Crippen LogP contribution in [0.4, 0.5) is 0 Å². The van der Waals surface area contributed by atoms with E-state index >= 15 is 0 Å². The second-order valence-corrected chi connectivity index (χ2v) is 5.30. The molecule has 1 unspecified atom stereocenters. The van der Waals surface area contributed by atoms with Gasteiger partial charge in [0.05, 0.1) is 0 Å². The van der Waals surface area contributed by atoms with Crippen molar-refractivity contribution in [1.82, 2.24) is 0 Å². The minimum atomic E-state index is 0.804. The summed E-state index contributed by atoms with van der Waals surface area (Å²) in [5.74, 6) is 0.804. The Labute approximate surface area is 90.0 Å². The molecule has 2 aliphatic carbocycles. The molecular formula is C11H15Zr. The maximum atomic E-state index is 2.39. The predicted molar refractivity (Wildman–Crippen MR) is 47.4 cm³/mol. The topological polar surface area (TPSA) is 0 Å². The summed E-state index contributed by atoms with van der Waals surface area (Å²) in [5.41, 5.74) is 5.17. The fourth-order valence-corrected chi connectivity index (χ4v) is 3.30. The van der Waals surface area contributed by atoms with Crippen LogP contribution < -0.4 is 0 Å². The first-order valence-corrected chi connectivity index (χ1v) is 6.09. The van der Waals surface area contributed by atoms with Gasteiger partial charge in [-0.05, 0) is 0 Å². The normalized spacial score (nSPS) is 29.6. The molecule has 2 rings (SSSR count). The van der Waals surface area contributed by atoms with E-state index < -0.39 is 0 Å². The van der Waals surface area contributed by atoms with E-state index in [-0.39, 0.29) is 0 Å². The van der Waals surface area contributed by atoms with Gasteiger partial charge in [-0.1, -0.05) is 0 Å². The summed E-state index contributed by atoms with van der Waals surface area (Å²) in [6, 6.07) is 0. The molecule has 0 nitrogen and oxygen atoms in total. The Morgan fingerprint density at radius 2 is 1.92 bits per heavy atom. The molecule has 0 aromatic carbocycles. The zero-order valence-electron chi connectivity index (χ0n) is 7.91. The fourth-order valence-electron chi connectivity index (χ4n) is 2.50. The van der Waals surface area contributed by atoms with Gasteiger partial charge < -0.3 is 0 Å². The third kappa shape index (κ3) is 1.21. The molecule has 0 radical (unpaired) electrons. The van der Waals surface area contributed by atoms with E-state index in [4.69, 9.17) is 0 Å². The first kappa shape index (κ1) is 8.94. The van der Waals surface area contributed by atoms with Crippen molar-refractivity contribution in [1.29, 1.82) is 0 Å². The molecule has 0 fully saturated rings. The van der Waals surface area contributed by atoms with Crippen LogP contribution in [0.3, 0.4) is 0 Å². The molecule has 0 aromatic heterocycles. The van der Waals surface area contributed by atoms with Gasteiger partial charge in [0, 0.05) is 0 Å². The van der Waals surface area contributed by atoms with E-state index in [0.717, 1.165) is 5.92 Å². The van der Waals surface area contributed by atoms with E-state index in [9.17, 15) is 0 Å². The van der Waals surface area contributed by atoms with Crippen molar-refractivity contribution in [2.75, 3.05) is 0 Å². The van der Waals surface area contributed by atoms with Crippen molar-refractivity contribution in [2.45, 2.75) is 39.5 Å². The second kappa shape index (κ2) is 3.25. The van der Waals surface area contributed by atoms with Gasteiger partial charge in [-0.2, -0.15) is 0 Å². The molecule has 0 aliphatic heterocycles. The molecule has 12 heavy (non-hydrogen) atoms. The molecule has 0 saturated carbocycles. The van der Waals surface area contributed by atoms with E-state index in [1.54, 1.807) is 44.7 Å². The molecule has 0 bridgehead atoms. The molecule has 0 heterocycles. The number of hydrogen-bond donors (Lipinski definition) is 0. The zero-order chi connectivity index (χ0) is 8.72. The van der Waals surface area contributed by atoms with Crippen molar-refractivity contribution in [2.24, 2.45) is 5.92 Å². The molecular weight excluding hydrogens is 223 g/mol. The predicted octanol–water partition coefficient (Wildman–Crippen LogP) is 3.33. The molecule has 0 amide bonds. The van der Waals surface area contributed by atoms with Crippen LogP contribution in [0, 0.1) is 5.92 Å². The van der Waals surface area contributed by atoms with E-state index in [2.05, 4.69) is 13.8 Å². The molecule has 63 valence electrons. The first-order chi connectivity index (χ1) is 5.72. The monoisotopic (exact) mass is 237 g/mol. The third-order valence-corrected chi connectivity index (χ3v) is 5.31. The molecule has 0 aromatic rings. The molecule has 1 atom stereocenters. The van der Waals surface area contributed by atoms with Gasteiger partial charge in [0.2, 0.25) is 0 Å². The summed E-state index contributed by atoms with van der Waals surface area (Å²) in [6.07, 6.45) is 5.60. The number of rotatable bonds is 0. The van der Waals surface area contributed by atoms with Gasteiger partial charge in [-0.3, -0.25) is 0 Å². The van der Waals surface area contributed by atoms with Crippen LogP contribution >= 0.6 is 0 Å². The van der Waals surface area contributed by atoms with Crippen molar-refractivity contribution in [3.63, 3.8) is 0 Å². The van der Waals surface area contributed by atoms with Gasteiger partial charge in [0.25, 0.3) is 0 Å². The molecule has 0 saturated heterocycles. The summed E-state index contributed by atoms with van der Waals surface area (Å²) >= 11 is 1.64. The molecule has 0 N–H and O–H groups in total. The Bertz CT molecular complexity index is 271. The van der Waals surface area contributed by atoms with Crippen LogP contribution in [-0.2, 0) is 24.7 Å². The Kier molecular flexibility index (Phi) is 2.42. The summed E-state index contributed by atoms with van der Waals surface area (Å²) in [5, 5.41) is 0. The SMILES string of the molecule is CC1=[C]([Zr])C(C)C2=C1CCCC2. The number of hydrogen-bond acceptors (Lipinski definition) is 0.